The maximum atomic E-state index is 11.2. The highest BCUT2D eigenvalue weighted by molar-refractivity contribution is 9.10. The third-order valence-corrected chi connectivity index (χ3v) is 4.10. The van der Waals surface area contributed by atoms with E-state index in [2.05, 4.69) is 15.9 Å². The molecule has 1 rings (SSSR count). The average molecular weight is 309 g/mol. The summed E-state index contributed by atoms with van der Waals surface area (Å²) in [6.45, 7) is 0. The van der Waals surface area contributed by atoms with Gasteiger partial charge in [-0.05, 0) is 28.1 Å². The van der Waals surface area contributed by atoms with Gasteiger partial charge in [-0.1, -0.05) is 0 Å². The van der Waals surface area contributed by atoms with Gasteiger partial charge in [0.1, 0.15) is 11.0 Å². The Bertz CT molecular complexity index is 562. The lowest BCUT2D eigenvalue weighted by Gasteiger charge is -2.04. The smallest absolute Gasteiger partial charge is 0.263 e. The molecule has 78 valence electrons. The normalized spacial score (nSPS) is 10.7. The molecule has 0 aliphatic heterocycles. The van der Waals surface area contributed by atoms with Crippen molar-refractivity contribution in [3.05, 3.63) is 27.7 Å². The van der Waals surface area contributed by atoms with E-state index >= 15 is 0 Å². The van der Waals surface area contributed by atoms with Crippen molar-refractivity contribution in [1.82, 2.24) is 0 Å². The molecule has 0 spiro atoms. The van der Waals surface area contributed by atoms with Crippen molar-refractivity contribution in [2.75, 3.05) is 0 Å². The van der Waals surface area contributed by atoms with E-state index in [1.165, 1.54) is 12.1 Å². The largest absolute Gasteiger partial charge is 0.298 e. The highest BCUT2D eigenvalue weighted by Gasteiger charge is 2.21. The zero-order chi connectivity index (χ0) is 11.6. The number of carbonyl (C=O) groups excluding carboxylic acids is 1. The first-order valence-corrected chi connectivity index (χ1v) is 6.64. The Morgan fingerprint density at radius 2 is 2.07 bits per heavy atom. The summed E-state index contributed by atoms with van der Waals surface area (Å²) in [4.78, 5) is 10.2. The predicted octanol–water partition coefficient (Wildman–Crippen LogP) is 2.06. The highest BCUT2D eigenvalue weighted by atomic mass is 79.9. The van der Waals surface area contributed by atoms with Gasteiger partial charge in [-0.25, -0.2) is 8.42 Å². The number of nitrogens with zero attached hydrogens (tertiary/aromatic N) is 1. The van der Waals surface area contributed by atoms with Crippen molar-refractivity contribution in [2.45, 2.75) is 4.90 Å². The van der Waals surface area contributed by atoms with E-state index < -0.39 is 9.05 Å². The van der Waals surface area contributed by atoms with Gasteiger partial charge in [-0.3, -0.25) is 4.79 Å². The highest BCUT2D eigenvalue weighted by Crippen LogP contribution is 2.30. The van der Waals surface area contributed by atoms with E-state index in [0.29, 0.717) is 6.29 Å². The van der Waals surface area contributed by atoms with Gasteiger partial charge in [-0.2, -0.15) is 5.26 Å². The van der Waals surface area contributed by atoms with Gasteiger partial charge < -0.3 is 0 Å². The third kappa shape index (κ3) is 2.37. The number of aldehydes is 1. The summed E-state index contributed by atoms with van der Waals surface area (Å²) in [7, 11) is 1.08. The lowest BCUT2D eigenvalue weighted by atomic mass is 10.2. The molecule has 0 unspecified atom stereocenters. The summed E-state index contributed by atoms with van der Waals surface area (Å²) in [6, 6.07) is 4.33. The summed E-state index contributed by atoms with van der Waals surface area (Å²) in [5.41, 5.74) is 0.00991. The zero-order valence-electron chi connectivity index (χ0n) is 7.07. The maximum Gasteiger partial charge on any atom is 0.263 e. The Morgan fingerprint density at radius 1 is 1.47 bits per heavy atom. The molecule has 15 heavy (non-hydrogen) atoms. The van der Waals surface area contributed by atoms with E-state index in [4.69, 9.17) is 15.9 Å². The minimum Gasteiger partial charge on any atom is -0.298 e. The second-order valence-electron chi connectivity index (χ2n) is 2.51. The number of benzene rings is 1. The first kappa shape index (κ1) is 12.2. The summed E-state index contributed by atoms with van der Waals surface area (Å²) in [5.74, 6) is 0. The summed E-state index contributed by atoms with van der Waals surface area (Å²) >= 11 is 2.92. The van der Waals surface area contributed by atoms with Gasteiger partial charge in [-0.15, -0.1) is 0 Å². The standard InChI is InChI=1S/C8H3BrClNO3S/c9-7-5(3-11)1-2-6(4-12)8(7)15(10,13)14/h1-2,4H. The van der Waals surface area contributed by atoms with E-state index in [9.17, 15) is 13.2 Å². The van der Waals surface area contributed by atoms with Crippen LogP contribution in [-0.2, 0) is 9.05 Å². The maximum absolute atomic E-state index is 11.2. The molecule has 0 aliphatic rings. The van der Waals surface area contributed by atoms with Crippen LogP contribution in [0.15, 0.2) is 21.5 Å². The Morgan fingerprint density at radius 3 is 2.47 bits per heavy atom. The van der Waals surface area contributed by atoms with E-state index in [1.807, 2.05) is 0 Å². The predicted molar refractivity (Wildman–Crippen MR) is 57.3 cm³/mol. The monoisotopic (exact) mass is 307 g/mol. The summed E-state index contributed by atoms with van der Waals surface area (Å²) in [5, 5.41) is 8.67. The van der Waals surface area contributed by atoms with E-state index in [1.54, 1.807) is 6.07 Å². The number of hydrogen-bond donors (Lipinski definition) is 0. The second-order valence-corrected chi connectivity index (χ2v) is 5.81. The molecule has 0 saturated heterocycles. The van der Waals surface area contributed by atoms with Crippen LogP contribution in [0.4, 0.5) is 0 Å². The van der Waals surface area contributed by atoms with Crippen molar-refractivity contribution >= 4 is 41.9 Å². The number of nitriles is 1. The van der Waals surface area contributed by atoms with Gasteiger partial charge in [0.15, 0.2) is 6.29 Å². The molecule has 0 amide bonds. The van der Waals surface area contributed by atoms with Gasteiger partial charge >= 0.3 is 0 Å². The molecular weight excluding hydrogens is 306 g/mol. The molecule has 0 radical (unpaired) electrons. The molecule has 1 aromatic carbocycles. The topological polar surface area (TPSA) is 75.0 Å². The Kier molecular flexibility index (Phi) is 3.50. The SMILES string of the molecule is N#Cc1ccc(C=O)c(S(=O)(=O)Cl)c1Br. The molecule has 0 aromatic heterocycles. The van der Waals surface area contributed by atoms with Gasteiger partial charge in [0.25, 0.3) is 9.05 Å². The molecule has 1 aromatic rings. The number of rotatable bonds is 2. The van der Waals surface area contributed by atoms with Crippen LogP contribution in [0.1, 0.15) is 15.9 Å². The minimum absolute atomic E-state index is 0.00426. The summed E-state index contributed by atoms with van der Waals surface area (Å²) < 4.78 is 22.3. The molecular formula is C8H3BrClNO3S. The Balaban J connectivity index is 3.75. The molecule has 0 atom stereocenters. The Hall–Kier alpha value is -0.900. The third-order valence-electron chi connectivity index (χ3n) is 1.62. The Labute approximate surface area is 99.0 Å². The number of hydrogen-bond acceptors (Lipinski definition) is 4. The van der Waals surface area contributed by atoms with Crippen LogP contribution < -0.4 is 0 Å². The lowest BCUT2D eigenvalue weighted by molar-refractivity contribution is 0.112. The van der Waals surface area contributed by atoms with E-state index in [-0.39, 0.29) is 20.5 Å². The fraction of sp³-hybridized carbons (Fsp3) is 0. The molecule has 0 N–H and O–H groups in total. The zero-order valence-corrected chi connectivity index (χ0v) is 10.2. The molecule has 4 nitrogen and oxygen atoms in total. The van der Waals surface area contributed by atoms with Crippen LogP contribution in [0, 0.1) is 11.3 Å². The van der Waals surface area contributed by atoms with Crippen LogP contribution >= 0.6 is 26.6 Å². The van der Waals surface area contributed by atoms with Crippen LogP contribution in [0.3, 0.4) is 0 Å². The molecule has 0 saturated carbocycles. The van der Waals surface area contributed by atoms with Crippen LogP contribution in [0.2, 0.25) is 0 Å². The molecule has 0 bridgehead atoms. The number of halogens is 2. The first-order chi connectivity index (χ1) is 6.91. The fourth-order valence-electron chi connectivity index (χ4n) is 0.998. The molecule has 0 aliphatic carbocycles. The van der Waals surface area contributed by atoms with Gasteiger partial charge in [0.2, 0.25) is 0 Å². The minimum atomic E-state index is -4.07. The van der Waals surface area contributed by atoms with Crippen LogP contribution in [0.5, 0.6) is 0 Å². The van der Waals surface area contributed by atoms with Gasteiger partial charge in [0.05, 0.1) is 10.0 Å². The van der Waals surface area contributed by atoms with Crippen molar-refractivity contribution in [3.63, 3.8) is 0 Å². The van der Waals surface area contributed by atoms with Crippen molar-refractivity contribution in [2.24, 2.45) is 0 Å². The molecule has 0 heterocycles. The van der Waals surface area contributed by atoms with E-state index in [0.717, 1.165) is 0 Å². The molecule has 7 heteroatoms. The van der Waals surface area contributed by atoms with Crippen molar-refractivity contribution in [1.29, 1.82) is 5.26 Å². The first-order valence-electron chi connectivity index (χ1n) is 3.54. The van der Waals surface area contributed by atoms with Crippen LogP contribution in [0.25, 0.3) is 0 Å². The number of carbonyl (C=O) groups is 1. The molecule has 0 fully saturated rings. The van der Waals surface area contributed by atoms with Crippen LogP contribution in [-0.4, -0.2) is 14.7 Å². The quantitative estimate of drug-likeness (QED) is 0.619. The lowest BCUT2D eigenvalue weighted by Crippen LogP contribution is -2.00. The summed E-state index contributed by atoms with van der Waals surface area (Å²) in [6.07, 6.45) is 0.362. The van der Waals surface area contributed by atoms with Gasteiger partial charge in [0, 0.05) is 16.2 Å². The second kappa shape index (κ2) is 4.31. The average Bonchev–Trinajstić information content (AvgIpc) is 2.15. The fourth-order valence-corrected chi connectivity index (χ4v) is 3.59. The van der Waals surface area contributed by atoms with Crippen molar-refractivity contribution < 1.29 is 13.2 Å². The van der Waals surface area contributed by atoms with Crippen molar-refractivity contribution in [3.8, 4) is 6.07 Å².